The van der Waals surface area contributed by atoms with Gasteiger partial charge in [0.2, 0.25) is 5.88 Å². The molecule has 0 aromatic carbocycles. The minimum atomic E-state index is -0.194. The van der Waals surface area contributed by atoms with Crippen molar-refractivity contribution in [2.24, 2.45) is 0 Å². The van der Waals surface area contributed by atoms with E-state index in [2.05, 4.69) is 20.6 Å². The molecule has 0 saturated heterocycles. The van der Waals surface area contributed by atoms with Gasteiger partial charge in [-0.15, -0.1) is 0 Å². The van der Waals surface area contributed by atoms with E-state index in [0.717, 1.165) is 42.4 Å². The molecule has 8 nitrogen and oxygen atoms in total. The van der Waals surface area contributed by atoms with Crippen LogP contribution in [-0.4, -0.2) is 38.6 Å². The van der Waals surface area contributed by atoms with Crippen molar-refractivity contribution in [3.63, 3.8) is 0 Å². The van der Waals surface area contributed by atoms with Crippen LogP contribution < -0.4 is 10.1 Å². The van der Waals surface area contributed by atoms with Crippen LogP contribution in [0.15, 0.2) is 6.07 Å². The second kappa shape index (κ2) is 5.94. The summed E-state index contributed by atoms with van der Waals surface area (Å²) in [6.45, 7) is 5.89. The van der Waals surface area contributed by atoms with Crippen molar-refractivity contribution in [2.45, 2.75) is 52.0 Å². The molecule has 2 aromatic rings. The molecule has 0 aliphatic carbocycles. The van der Waals surface area contributed by atoms with Gasteiger partial charge in [-0.2, -0.15) is 10.2 Å². The Morgan fingerprint density at radius 1 is 1.50 bits per heavy atom. The first-order valence-electron chi connectivity index (χ1n) is 8.32. The zero-order chi connectivity index (χ0) is 16.7. The van der Waals surface area contributed by atoms with Gasteiger partial charge in [-0.3, -0.25) is 9.89 Å². The molecule has 0 unspecified atom stereocenters. The molecular formula is C16H21N5O3. The first-order valence-corrected chi connectivity index (χ1v) is 8.32. The maximum Gasteiger partial charge on any atom is 0.272 e. The summed E-state index contributed by atoms with van der Waals surface area (Å²) in [6.07, 6.45) is 1.65. The number of nitrogens with zero attached hydrogens (tertiary/aromatic N) is 3. The summed E-state index contributed by atoms with van der Waals surface area (Å²) in [5.74, 6) is 0.572. The number of amides is 1. The van der Waals surface area contributed by atoms with Gasteiger partial charge in [-0.05, 0) is 13.8 Å². The number of rotatable bonds is 3. The quantitative estimate of drug-likeness (QED) is 0.885. The first-order chi connectivity index (χ1) is 11.6. The number of carbonyl (C=O) groups excluding carboxylic acids is 1. The van der Waals surface area contributed by atoms with Crippen LogP contribution in [-0.2, 0) is 24.2 Å². The molecule has 8 heteroatoms. The third kappa shape index (κ3) is 2.66. The SMILES string of the molecule is C[C@@H]1Cc2c(C(=O)NCc3cc4n(n3)CCCO4)n[nH]c2[C@H](C)O1. The predicted molar refractivity (Wildman–Crippen MR) is 84.8 cm³/mol. The second-order valence-electron chi connectivity index (χ2n) is 6.34. The molecule has 4 heterocycles. The van der Waals surface area contributed by atoms with Crippen LogP contribution >= 0.6 is 0 Å². The minimum Gasteiger partial charge on any atom is -0.478 e. The van der Waals surface area contributed by atoms with Gasteiger partial charge in [0.15, 0.2) is 5.69 Å². The molecule has 128 valence electrons. The number of aromatic amines is 1. The van der Waals surface area contributed by atoms with Crippen molar-refractivity contribution in [3.05, 3.63) is 28.7 Å². The minimum absolute atomic E-state index is 0.0742. The molecule has 0 fully saturated rings. The third-order valence-corrected chi connectivity index (χ3v) is 4.44. The Labute approximate surface area is 139 Å². The molecule has 2 aliphatic rings. The van der Waals surface area contributed by atoms with E-state index < -0.39 is 0 Å². The maximum absolute atomic E-state index is 12.5. The van der Waals surface area contributed by atoms with Gasteiger partial charge in [-0.25, -0.2) is 4.68 Å². The number of H-pyrrole nitrogens is 1. The Morgan fingerprint density at radius 2 is 2.38 bits per heavy atom. The van der Waals surface area contributed by atoms with Crippen LogP contribution in [0.2, 0.25) is 0 Å². The van der Waals surface area contributed by atoms with Crippen LogP contribution in [0.4, 0.5) is 0 Å². The Morgan fingerprint density at radius 3 is 3.21 bits per heavy atom. The van der Waals surface area contributed by atoms with E-state index in [1.54, 1.807) is 0 Å². The second-order valence-corrected chi connectivity index (χ2v) is 6.34. The molecule has 0 saturated carbocycles. The lowest BCUT2D eigenvalue weighted by Crippen LogP contribution is -2.27. The Balaban J connectivity index is 1.46. The standard InChI is InChI=1S/C16H21N5O3/c1-9-6-12-14(10(2)24-9)18-19-15(12)16(22)17-8-11-7-13-21(20-11)4-3-5-23-13/h7,9-10H,3-6,8H2,1-2H3,(H,17,22)(H,18,19)/t9-,10+/m1/s1. The number of nitrogens with one attached hydrogen (secondary N) is 2. The number of hydrogen-bond donors (Lipinski definition) is 2. The van der Waals surface area contributed by atoms with Crippen molar-refractivity contribution < 1.29 is 14.3 Å². The summed E-state index contributed by atoms with van der Waals surface area (Å²) in [5, 5.41) is 14.5. The van der Waals surface area contributed by atoms with Gasteiger partial charge in [0.25, 0.3) is 5.91 Å². The van der Waals surface area contributed by atoms with E-state index in [0.29, 0.717) is 18.7 Å². The van der Waals surface area contributed by atoms with Gasteiger partial charge in [0.05, 0.1) is 36.7 Å². The molecule has 24 heavy (non-hydrogen) atoms. The molecule has 2 atom stereocenters. The van der Waals surface area contributed by atoms with Crippen molar-refractivity contribution in [1.82, 2.24) is 25.3 Å². The first kappa shape index (κ1) is 15.2. The number of hydrogen-bond acceptors (Lipinski definition) is 5. The summed E-state index contributed by atoms with van der Waals surface area (Å²) >= 11 is 0. The summed E-state index contributed by atoms with van der Waals surface area (Å²) in [5.41, 5.74) is 3.08. The van der Waals surface area contributed by atoms with Gasteiger partial charge >= 0.3 is 0 Å². The average Bonchev–Trinajstić information content (AvgIpc) is 3.16. The molecule has 4 rings (SSSR count). The van der Waals surface area contributed by atoms with Crippen molar-refractivity contribution in [1.29, 1.82) is 0 Å². The summed E-state index contributed by atoms with van der Waals surface area (Å²) < 4.78 is 13.1. The summed E-state index contributed by atoms with van der Waals surface area (Å²) in [6, 6.07) is 1.87. The maximum atomic E-state index is 12.5. The van der Waals surface area contributed by atoms with Crippen molar-refractivity contribution >= 4 is 5.91 Å². The fraction of sp³-hybridized carbons (Fsp3) is 0.562. The van der Waals surface area contributed by atoms with Crippen molar-refractivity contribution in [2.75, 3.05) is 6.61 Å². The third-order valence-electron chi connectivity index (χ3n) is 4.44. The van der Waals surface area contributed by atoms with Gasteiger partial charge in [0, 0.05) is 31.0 Å². The highest BCUT2D eigenvalue weighted by atomic mass is 16.5. The van der Waals surface area contributed by atoms with E-state index in [4.69, 9.17) is 9.47 Å². The fourth-order valence-electron chi connectivity index (χ4n) is 3.32. The highest BCUT2D eigenvalue weighted by Gasteiger charge is 2.29. The van der Waals surface area contributed by atoms with Crippen LogP contribution in [0.25, 0.3) is 0 Å². The van der Waals surface area contributed by atoms with Crippen molar-refractivity contribution in [3.8, 4) is 5.88 Å². The van der Waals surface area contributed by atoms with Gasteiger partial charge < -0.3 is 14.8 Å². The van der Waals surface area contributed by atoms with E-state index >= 15 is 0 Å². The molecule has 2 aromatic heterocycles. The highest BCUT2D eigenvalue weighted by molar-refractivity contribution is 5.94. The van der Waals surface area contributed by atoms with E-state index in [1.807, 2.05) is 24.6 Å². The molecule has 2 N–H and O–H groups in total. The largest absolute Gasteiger partial charge is 0.478 e. The van der Waals surface area contributed by atoms with Crippen LogP contribution in [0.5, 0.6) is 5.88 Å². The number of fused-ring (bicyclic) bond motifs is 2. The van der Waals surface area contributed by atoms with Crippen LogP contribution in [0, 0.1) is 0 Å². The topological polar surface area (TPSA) is 94.1 Å². The number of ether oxygens (including phenoxy) is 2. The molecular weight excluding hydrogens is 310 g/mol. The van der Waals surface area contributed by atoms with E-state index in [1.165, 1.54) is 0 Å². The lowest BCUT2D eigenvalue weighted by atomic mass is 9.99. The fourth-order valence-corrected chi connectivity index (χ4v) is 3.32. The molecule has 0 bridgehead atoms. The lowest BCUT2D eigenvalue weighted by molar-refractivity contribution is -0.00697. The zero-order valence-corrected chi connectivity index (χ0v) is 13.8. The Hall–Kier alpha value is -2.35. The smallest absolute Gasteiger partial charge is 0.272 e. The Bertz CT molecular complexity index is 742. The van der Waals surface area contributed by atoms with E-state index in [9.17, 15) is 4.79 Å². The summed E-state index contributed by atoms with van der Waals surface area (Å²) in [4.78, 5) is 12.5. The molecule has 2 aliphatic heterocycles. The lowest BCUT2D eigenvalue weighted by Gasteiger charge is -2.25. The zero-order valence-electron chi connectivity index (χ0n) is 13.8. The normalized spacial score (nSPS) is 22.4. The molecule has 0 spiro atoms. The van der Waals surface area contributed by atoms with Crippen LogP contribution in [0.1, 0.15) is 53.8 Å². The number of carbonyl (C=O) groups is 1. The number of aromatic nitrogens is 4. The predicted octanol–water partition coefficient (Wildman–Crippen LogP) is 1.34. The van der Waals surface area contributed by atoms with Gasteiger partial charge in [-0.1, -0.05) is 0 Å². The highest BCUT2D eigenvalue weighted by Crippen LogP contribution is 2.30. The van der Waals surface area contributed by atoms with Crippen LogP contribution in [0.3, 0.4) is 0 Å². The molecule has 1 amide bonds. The molecule has 0 radical (unpaired) electrons. The summed E-state index contributed by atoms with van der Waals surface area (Å²) in [7, 11) is 0. The monoisotopic (exact) mass is 331 g/mol. The Kier molecular flexibility index (Phi) is 3.76. The number of aryl methyl sites for hydroxylation is 1. The van der Waals surface area contributed by atoms with E-state index in [-0.39, 0.29) is 18.1 Å². The van der Waals surface area contributed by atoms with Gasteiger partial charge in [0.1, 0.15) is 0 Å². The average molecular weight is 331 g/mol.